The van der Waals surface area contributed by atoms with Gasteiger partial charge in [0.05, 0.1) is 18.4 Å². The molecule has 30 heavy (non-hydrogen) atoms. The van der Waals surface area contributed by atoms with E-state index in [1.165, 1.54) is 18.2 Å². The molecule has 0 saturated carbocycles. The monoisotopic (exact) mass is 436 g/mol. The molecule has 0 fully saturated rings. The average Bonchev–Trinajstić information content (AvgIpc) is 3.20. The highest BCUT2D eigenvalue weighted by Crippen LogP contribution is 2.20. The number of hydrogen-bond donors (Lipinski definition) is 3. The minimum Gasteiger partial charge on any atom is -0.494 e. The van der Waals surface area contributed by atoms with Gasteiger partial charge in [0.2, 0.25) is 0 Å². The zero-order valence-electron chi connectivity index (χ0n) is 15.8. The second-order valence-electron chi connectivity index (χ2n) is 6.09. The number of rotatable bonds is 8. The van der Waals surface area contributed by atoms with Crippen LogP contribution >= 0.6 is 0 Å². The smallest absolute Gasteiger partial charge is 0.279 e. The fourth-order valence-corrected chi connectivity index (χ4v) is 3.72. The van der Waals surface area contributed by atoms with E-state index in [1.807, 2.05) is 6.92 Å². The van der Waals surface area contributed by atoms with Crippen LogP contribution in [0.25, 0.3) is 0 Å². The van der Waals surface area contributed by atoms with E-state index >= 15 is 0 Å². The number of hydrogen-bond acceptors (Lipinski definition) is 5. The van der Waals surface area contributed by atoms with Crippen molar-refractivity contribution in [3.05, 3.63) is 71.4 Å². The van der Waals surface area contributed by atoms with Gasteiger partial charge in [0, 0.05) is 23.9 Å². The van der Waals surface area contributed by atoms with Gasteiger partial charge in [-0.15, -0.1) is 0 Å². The fourth-order valence-electron chi connectivity index (χ4n) is 2.57. The van der Waals surface area contributed by atoms with Crippen molar-refractivity contribution in [2.24, 2.45) is 0 Å². The molecule has 1 amide bonds. The van der Waals surface area contributed by atoms with Gasteiger partial charge >= 0.3 is 0 Å². The molecule has 0 aliphatic heterocycles. The summed E-state index contributed by atoms with van der Waals surface area (Å²) in [5.41, 5.74) is 0.0499. The molecular formula is C19H18F2N4O4S. The van der Waals surface area contributed by atoms with E-state index in [9.17, 15) is 22.0 Å². The van der Waals surface area contributed by atoms with Crippen molar-refractivity contribution < 1.29 is 26.7 Å². The average molecular weight is 436 g/mol. The summed E-state index contributed by atoms with van der Waals surface area (Å²) in [5, 5.41) is 7.85. The summed E-state index contributed by atoms with van der Waals surface area (Å²) >= 11 is 0. The van der Waals surface area contributed by atoms with Crippen molar-refractivity contribution in [3.8, 4) is 5.75 Å². The van der Waals surface area contributed by atoms with Crippen LogP contribution in [0.2, 0.25) is 0 Å². The zero-order chi connectivity index (χ0) is 21.7. The molecular weight excluding hydrogens is 418 g/mol. The largest absolute Gasteiger partial charge is 0.494 e. The van der Waals surface area contributed by atoms with E-state index in [-0.39, 0.29) is 23.4 Å². The van der Waals surface area contributed by atoms with Gasteiger partial charge in [0.1, 0.15) is 17.4 Å². The molecule has 0 unspecified atom stereocenters. The van der Waals surface area contributed by atoms with Crippen molar-refractivity contribution >= 4 is 21.6 Å². The first-order valence-electron chi connectivity index (χ1n) is 8.81. The minimum absolute atomic E-state index is 0.0464. The van der Waals surface area contributed by atoms with Gasteiger partial charge in [-0.1, -0.05) is 6.07 Å². The second kappa shape index (κ2) is 8.91. The molecule has 3 N–H and O–H groups in total. The Balaban J connectivity index is 1.73. The molecule has 158 valence electrons. The minimum atomic E-state index is -4.16. The van der Waals surface area contributed by atoms with Crippen molar-refractivity contribution in [2.75, 3.05) is 11.3 Å². The highest BCUT2D eigenvalue weighted by molar-refractivity contribution is 7.92. The first kappa shape index (κ1) is 21.2. The number of carbonyl (C=O) groups excluding carboxylic acids is 1. The van der Waals surface area contributed by atoms with Crippen molar-refractivity contribution in [1.29, 1.82) is 0 Å². The van der Waals surface area contributed by atoms with E-state index < -0.39 is 32.6 Å². The number of carbonyl (C=O) groups is 1. The molecule has 8 nitrogen and oxygen atoms in total. The first-order valence-corrected chi connectivity index (χ1v) is 10.3. The lowest BCUT2D eigenvalue weighted by atomic mass is 10.2. The highest BCUT2D eigenvalue weighted by Gasteiger charge is 2.25. The maximum Gasteiger partial charge on any atom is 0.279 e. The summed E-state index contributed by atoms with van der Waals surface area (Å²) in [7, 11) is -4.16. The second-order valence-corrected chi connectivity index (χ2v) is 7.71. The van der Waals surface area contributed by atoms with Crippen LogP contribution in [0.3, 0.4) is 0 Å². The Morgan fingerprint density at radius 1 is 1.17 bits per heavy atom. The predicted octanol–water partition coefficient (Wildman–Crippen LogP) is 2.82. The van der Waals surface area contributed by atoms with Crippen LogP contribution < -0.4 is 14.8 Å². The maximum absolute atomic E-state index is 13.7. The molecule has 0 aliphatic carbocycles. The Labute approximate surface area is 171 Å². The Morgan fingerprint density at radius 3 is 2.57 bits per heavy atom. The van der Waals surface area contributed by atoms with Crippen molar-refractivity contribution in [2.45, 2.75) is 18.5 Å². The quantitative estimate of drug-likeness (QED) is 0.503. The molecule has 2 aromatic carbocycles. The lowest BCUT2D eigenvalue weighted by molar-refractivity contribution is 0.0947. The van der Waals surface area contributed by atoms with Gasteiger partial charge < -0.3 is 10.1 Å². The predicted molar refractivity (Wildman–Crippen MR) is 105 cm³/mol. The standard InChI is InChI=1S/C19H18F2N4O4S/c1-2-29-15-7-5-14(6-8-15)25-30(27,28)19-16(11-23-24-19)18(26)22-10-12-3-4-13(20)9-17(12)21/h3-9,11,25H,2,10H2,1H3,(H,22,26)(H,23,24). The zero-order valence-corrected chi connectivity index (χ0v) is 16.6. The van der Waals surface area contributed by atoms with Gasteiger partial charge in [0.25, 0.3) is 15.9 Å². The molecule has 0 aliphatic rings. The summed E-state index contributed by atoms with van der Waals surface area (Å²) < 4.78 is 59.7. The fraction of sp³-hybridized carbons (Fsp3) is 0.158. The summed E-state index contributed by atoms with van der Waals surface area (Å²) in [6.45, 7) is 2.04. The molecule has 1 heterocycles. The number of anilines is 1. The number of halogens is 2. The highest BCUT2D eigenvalue weighted by atomic mass is 32.2. The lowest BCUT2D eigenvalue weighted by Gasteiger charge is -2.10. The normalized spacial score (nSPS) is 11.2. The molecule has 0 bridgehead atoms. The Bertz CT molecular complexity index is 1150. The topological polar surface area (TPSA) is 113 Å². The Kier molecular flexibility index (Phi) is 6.31. The van der Waals surface area contributed by atoms with Crippen LogP contribution in [0, 0.1) is 11.6 Å². The summed E-state index contributed by atoms with van der Waals surface area (Å²) in [5.74, 6) is -1.78. The number of ether oxygens (including phenoxy) is 1. The van der Waals surface area contributed by atoms with E-state index in [0.717, 1.165) is 12.3 Å². The molecule has 0 saturated heterocycles. The van der Waals surface area contributed by atoms with Crippen molar-refractivity contribution in [1.82, 2.24) is 15.5 Å². The van der Waals surface area contributed by atoms with E-state index in [0.29, 0.717) is 18.4 Å². The molecule has 0 atom stereocenters. The number of amides is 1. The number of sulfonamides is 1. The third-order valence-corrected chi connectivity index (χ3v) is 5.34. The molecule has 11 heteroatoms. The Morgan fingerprint density at radius 2 is 1.90 bits per heavy atom. The molecule has 1 aromatic heterocycles. The first-order chi connectivity index (χ1) is 14.3. The summed E-state index contributed by atoms with van der Waals surface area (Å²) in [6.07, 6.45) is 1.04. The van der Waals surface area contributed by atoms with Gasteiger partial charge in [-0.25, -0.2) is 8.78 Å². The van der Waals surface area contributed by atoms with Crippen LogP contribution in [-0.4, -0.2) is 31.1 Å². The van der Waals surface area contributed by atoms with Crippen molar-refractivity contribution in [3.63, 3.8) is 0 Å². The van der Waals surface area contributed by atoms with Gasteiger partial charge in [-0.05, 0) is 37.3 Å². The SMILES string of the molecule is CCOc1ccc(NS(=O)(=O)c2[nH]ncc2C(=O)NCc2ccc(F)cc2F)cc1. The number of aromatic amines is 1. The van der Waals surface area contributed by atoms with Crippen LogP contribution in [0.5, 0.6) is 5.75 Å². The lowest BCUT2D eigenvalue weighted by Crippen LogP contribution is -2.26. The van der Waals surface area contributed by atoms with Crippen LogP contribution in [0.15, 0.2) is 53.7 Å². The number of nitrogens with one attached hydrogen (secondary N) is 3. The number of nitrogens with zero attached hydrogens (tertiary/aromatic N) is 1. The van der Waals surface area contributed by atoms with Crippen LogP contribution in [0.1, 0.15) is 22.8 Å². The number of aromatic nitrogens is 2. The third-order valence-electron chi connectivity index (χ3n) is 3.99. The van der Waals surface area contributed by atoms with E-state index in [2.05, 4.69) is 20.2 Å². The third kappa shape index (κ3) is 4.92. The van der Waals surface area contributed by atoms with E-state index in [1.54, 1.807) is 12.1 Å². The van der Waals surface area contributed by atoms with Crippen LogP contribution in [0.4, 0.5) is 14.5 Å². The van der Waals surface area contributed by atoms with Crippen LogP contribution in [-0.2, 0) is 16.6 Å². The summed E-state index contributed by atoms with van der Waals surface area (Å²) in [4.78, 5) is 12.4. The Hall–Kier alpha value is -3.47. The molecule has 0 radical (unpaired) electrons. The maximum atomic E-state index is 13.7. The molecule has 3 rings (SSSR count). The number of benzene rings is 2. The molecule has 0 spiro atoms. The van der Waals surface area contributed by atoms with E-state index in [4.69, 9.17) is 4.74 Å². The van der Waals surface area contributed by atoms with Gasteiger partial charge in [0.15, 0.2) is 5.03 Å². The number of H-pyrrole nitrogens is 1. The molecule has 3 aromatic rings. The van der Waals surface area contributed by atoms with Gasteiger partial charge in [-0.3, -0.25) is 14.6 Å². The van der Waals surface area contributed by atoms with Gasteiger partial charge in [-0.2, -0.15) is 13.5 Å². The summed E-state index contributed by atoms with van der Waals surface area (Å²) in [6, 6.07) is 9.14.